The monoisotopic (exact) mass is 365 g/mol. The Hall–Kier alpha value is -2.72. The van der Waals surface area contributed by atoms with Crippen LogP contribution in [0, 0.1) is 6.92 Å². The highest BCUT2D eigenvalue weighted by Crippen LogP contribution is 2.18. The molecule has 0 radical (unpaired) electrons. The zero-order valence-electron chi connectivity index (χ0n) is 14.6. The van der Waals surface area contributed by atoms with E-state index in [0.29, 0.717) is 17.9 Å². The third-order valence-electron chi connectivity index (χ3n) is 4.04. The van der Waals surface area contributed by atoms with Crippen molar-refractivity contribution in [2.45, 2.75) is 19.8 Å². The van der Waals surface area contributed by atoms with Gasteiger partial charge in [0, 0.05) is 17.0 Å². The zero-order chi connectivity index (χ0) is 18.4. The van der Waals surface area contributed by atoms with E-state index in [2.05, 4.69) is 15.5 Å². The number of aryl methyl sites for hydroxylation is 1. The number of amides is 1. The molecule has 0 saturated heterocycles. The summed E-state index contributed by atoms with van der Waals surface area (Å²) in [6, 6.07) is 19.2. The number of fused-ring (bicyclic) bond motifs is 1. The fraction of sp³-hybridized carbons (Fsp3) is 0.190. The Bertz CT molecular complexity index is 938. The minimum Gasteiger partial charge on any atom is -0.267 e. The smallest absolute Gasteiger partial charge is 0.267 e. The molecule has 5 heteroatoms. The molecule has 0 unspecified atom stereocenters. The van der Waals surface area contributed by atoms with Crippen molar-refractivity contribution in [3.05, 3.63) is 77.5 Å². The Morgan fingerprint density at radius 1 is 1.12 bits per heavy atom. The lowest BCUT2D eigenvalue weighted by Gasteiger charge is -2.09. The highest BCUT2D eigenvalue weighted by molar-refractivity contribution is 6.18. The van der Waals surface area contributed by atoms with Gasteiger partial charge in [0.2, 0.25) is 0 Å². The number of rotatable bonds is 6. The average Bonchev–Trinajstić information content (AvgIpc) is 2.68. The first-order valence-electron chi connectivity index (χ1n) is 8.53. The minimum atomic E-state index is -0.244. The van der Waals surface area contributed by atoms with Crippen molar-refractivity contribution < 1.29 is 4.79 Å². The van der Waals surface area contributed by atoms with E-state index in [1.807, 2.05) is 61.5 Å². The number of alkyl halides is 1. The molecule has 0 spiro atoms. The molecule has 0 aliphatic heterocycles. The van der Waals surface area contributed by atoms with Gasteiger partial charge < -0.3 is 0 Å². The molecule has 3 aromatic rings. The second-order valence-electron chi connectivity index (χ2n) is 5.99. The normalized spacial score (nSPS) is 11.5. The molecule has 2 aromatic carbocycles. The van der Waals surface area contributed by atoms with E-state index >= 15 is 0 Å². The summed E-state index contributed by atoms with van der Waals surface area (Å²) in [7, 11) is 0. The molecular formula is C21H20ClN3O. The number of carbonyl (C=O) groups excluding carboxylic acids is 1. The summed E-state index contributed by atoms with van der Waals surface area (Å²) in [5, 5.41) is 5.20. The van der Waals surface area contributed by atoms with Crippen LogP contribution in [0.15, 0.2) is 65.8 Å². The van der Waals surface area contributed by atoms with Gasteiger partial charge in [-0.25, -0.2) is 5.43 Å². The van der Waals surface area contributed by atoms with Crippen molar-refractivity contribution in [2.75, 3.05) is 5.88 Å². The number of benzene rings is 2. The predicted octanol–water partition coefficient (Wildman–Crippen LogP) is 4.70. The quantitative estimate of drug-likeness (QED) is 0.391. The predicted molar refractivity (Wildman–Crippen MR) is 107 cm³/mol. The highest BCUT2D eigenvalue weighted by Gasteiger charge is 2.12. The molecule has 1 amide bonds. The lowest BCUT2D eigenvalue weighted by molar-refractivity contribution is 0.0956. The molecule has 1 aromatic heterocycles. The standard InChI is InChI=1S/C21H20ClN3O/c1-15-14-18(17-10-5-6-11-20(17)23-15)21(26)25-24-19(12-7-13-22)16-8-3-2-4-9-16/h2-6,8-11,14H,7,12-13H2,1H3,(H,25,26)/b24-19+. The molecule has 1 heterocycles. The summed E-state index contributed by atoms with van der Waals surface area (Å²) in [5.41, 5.74) is 6.66. The van der Waals surface area contributed by atoms with E-state index in [9.17, 15) is 4.79 Å². The van der Waals surface area contributed by atoms with Gasteiger partial charge in [-0.2, -0.15) is 5.10 Å². The van der Waals surface area contributed by atoms with E-state index in [-0.39, 0.29) is 5.91 Å². The zero-order valence-corrected chi connectivity index (χ0v) is 15.3. The van der Waals surface area contributed by atoms with Gasteiger partial charge in [-0.1, -0.05) is 48.5 Å². The molecule has 0 atom stereocenters. The first-order valence-corrected chi connectivity index (χ1v) is 9.07. The van der Waals surface area contributed by atoms with Crippen LogP contribution in [-0.2, 0) is 0 Å². The van der Waals surface area contributed by atoms with Gasteiger partial charge in [0.05, 0.1) is 16.8 Å². The molecule has 0 saturated carbocycles. The van der Waals surface area contributed by atoms with Crippen molar-refractivity contribution in [2.24, 2.45) is 5.10 Å². The molecule has 1 N–H and O–H groups in total. The Balaban J connectivity index is 1.89. The van der Waals surface area contributed by atoms with Crippen molar-refractivity contribution in [1.29, 1.82) is 0 Å². The van der Waals surface area contributed by atoms with E-state index in [0.717, 1.165) is 34.3 Å². The summed E-state index contributed by atoms with van der Waals surface area (Å²) >= 11 is 5.83. The van der Waals surface area contributed by atoms with Gasteiger partial charge in [-0.05, 0) is 37.5 Å². The lowest BCUT2D eigenvalue weighted by Crippen LogP contribution is -2.21. The molecule has 4 nitrogen and oxygen atoms in total. The maximum atomic E-state index is 12.7. The number of pyridine rings is 1. The fourth-order valence-electron chi connectivity index (χ4n) is 2.80. The molecule has 132 valence electrons. The van der Waals surface area contributed by atoms with Gasteiger partial charge in [0.15, 0.2) is 0 Å². The molecule has 0 aliphatic rings. The maximum absolute atomic E-state index is 12.7. The van der Waals surface area contributed by atoms with Gasteiger partial charge in [0.25, 0.3) is 5.91 Å². The lowest BCUT2D eigenvalue weighted by atomic mass is 10.1. The summed E-state index contributed by atoms with van der Waals surface area (Å²) in [6.45, 7) is 1.88. The summed E-state index contributed by atoms with van der Waals surface area (Å²) in [5.74, 6) is 0.305. The Labute approximate surface area is 157 Å². The number of halogens is 1. The number of nitrogens with zero attached hydrogens (tertiary/aromatic N) is 2. The van der Waals surface area contributed by atoms with E-state index in [1.165, 1.54) is 0 Å². The van der Waals surface area contributed by atoms with Crippen LogP contribution < -0.4 is 5.43 Å². The van der Waals surface area contributed by atoms with Crippen LogP contribution in [0.3, 0.4) is 0 Å². The average molecular weight is 366 g/mol. The maximum Gasteiger partial charge on any atom is 0.272 e. The van der Waals surface area contributed by atoms with Gasteiger partial charge in [-0.15, -0.1) is 11.6 Å². The number of hydrogen-bond donors (Lipinski definition) is 1. The Kier molecular flexibility index (Phi) is 5.97. The van der Waals surface area contributed by atoms with Crippen LogP contribution in [0.4, 0.5) is 0 Å². The third kappa shape index (κ3) is 4.27. The van der Waals surface area contributed by atoms with Crippen LogP contribution in [0.25, 0.3) is 10.9 Å². The topological polar surface area (TPSA) is 54.4 Å². The second kappa shape index (κ2) is 8.59. The Morgan fingerprint density at radius 3 is 2.62 bits per heavy atom. The minimum absolute atomic E-state index is 0.244. The van der Waals surface area contributed by atoms with E-state index in [1.54, 1.807) is 6.07 Å². The van der Waals surface area contributed by atoms with Gasteiger partial charge in [0.1, 0.15) is 0 Å². The number of hydrogen-bond acceptors (Lipinski definition) is 3. The number of para-hydroxylation sites is 1. The Morgan fingerprint density at radius 2 is 1.85 bits per heavy atom. The SMILES string of the molecule is Cc1cc(C(=O)N/N=C(\CCCCl)c2ccccc2)c2ccccc2n1. The van der Waals surface area contributed by atoms with Crippen LogP contribution in [0.2, 0.25) is 0 Å². The van der Waals surface area contributed by atoms with E-state index in [4.69, 9.17) is 11.6 Å². The van der Waals surface area contributed by atoms with Crippen LogP contribution in [0.5, 0.6) is 0 Å². The first kappa shape index (κ1) is 18.1. The number of carbonyl (C=O) groups is 1. The number of nitrogens with one attached hydrogen (secondary N) is 1. The molecule has 3 rings (SSSR count). The fourth-order valence-corrected chi connectivity index (χ4v) is 2.94. The van der Waals surface area contributed by atoms with Crippen LogP contribution in [-0.4, -0.2) is 22.5 Å². The van der Waals surface area contributed by atoms with Crippen molar-refractivity contribution in [3.63, 3.8) is 0 Å². The van der Waals surface area contributed by atoms with Crippen molar-refractivity contribution in [1.82, 2.24) is 10.4 Å². The largest absolute Gasteiger partial charge is 0.272 e. The molecule has 0 fully saturated rings. The first-order chi connectivity index (χ1) is 12.7. The van der Waals surface area contributed by atoms with Crippen molar-refractivity contribution in [3.8, 4) is 0 Å². The molecule has 0 bridgehead atoms. The van der Waals surface area contributed by atoms with Gasteiger partial charge in [-0.3, -0.25) is 9.78 Å². The summed E-state index contributed by atoms with van der Waals surface area (Å²) < 4.78 is 0. The number of aromatic nitrogens is 1. The summed E-state index contributed by atoms with van der Waals surface area (Å²) in [4.78, 5) is 17.2. The van der Waals surface area contributed by atoms with Gasteiger partial charge >= 0.3 is 0 Å². The molecular weight excluding hydrogens is 346 g/mol. The molecule has 26 heavy (non-hydrogen) atoms. The third-order valence-corrected chi connectivity index (χ3v) is 4.30. The van der Waals surface area contributed by atoms with E-state index < -0.39 is 0 Å². The van der Waals surface area contributed by atoms with Crippen molar-refractivity contribution >= 4 is 34.1 Å². The number of hydrazone groups is 1. The highest BCUT2D eigenvalue weighted by atomic mass is 35.5. The summed E-state index contributed by atoms with van der Waals surface area (Å²) in [6.07, 6.45) is 1.49. The second-order valence-corrected chi connectivity index (χ2v) is 6.36. The molecule has 0 aliphatic carbocycles. The van der Waals surface area contributed by atoms with Crippen LogP contribution >= 0.6 is 11.6 Å². The van der Waals surface area contributed by atoms with Crippen LogP contribution in [0.1, 0.15) is 34.5 Å².